The van der Waals surface area contributed by atoms with Crippen LogP contribution in [-0.2, 0) is 19.2 Å². The fraction of sp³-hybridized carbons (Fsp3) is 0.448. The van der Waals surface area contributed by atoms with E-state index >= 15 is 0 Å². The number of para-hydroxylation sites is 1. The molecular formula is C29H37N3O6S. The van der Waals surface area contributed by atoms with E-state index in [0.29, 0.717) is 11.3 Å². The van der Waals surface area contributed by atoms with Crippen LogP contribution in [0.4, 0.5) is 0 Å². The second kappa shape index (κ2) is 13.1. The van der Waals surface area contributed by atoms with Crippen LogP contribution >= 0.6 is 11.8 Å². The van der Waals surface area contributed by atoms with E-state index in [-0.39, 0.29) is 0 Å². The third kappa shape index (κ3) is 6.80. The van der Waals surface area contributed by atoms with E-state index in [1.807, 2.05) is 0 Å². The average Bonchev–Trinajstić information content (AvgIpc) is 3.18. The molecule has 10 heteroatoms. The first-order chi connectivity index (χ1) is 18.5. The number of benzene rings is 2. The molecule has 2 heterocycles. The lowest BCUT2D eigenvalue weighted by atomic mass is 9.94. The van der Waals surface area contributed by atoms with E-state index in [9.17, 15) is 24.3 Å². The quantitative estimate of drug-likeness (QED) is 0.210. The smallest absolute Gasteiger partial charge is 0.328 e. The Hall–Kier alpha value is -3.37. The third-order valence-corrected chi connectivity index (χ3v) is 8.48. The molecule has 3 unspecified atom stereocenters. The normalized spacial score (nSPS) is 21.6. The highest BCUT2D eigenvalue weighted by molar-refractivity contribution is 8.01. The number of nitrogens with zero attached hydrogens (tertiary/aromatic N) is 2. The highest BCUT2D eigenvalue weighted by Crippen LogP contribution is 2.50. The van der Waals surface area contributed by atoms with Crippen molar-refractivity contribution >= 4 is 35.5 Å². The Bertz CT molecular complexity index is 1150. The lowest BCUT2D eigenvalue weighted by Gasteiger charge is -2.43. The van der Waals surface area contributed by atoms with Gasteiger partial charge in [0.25, 0.3) is 0 Å². The van der Waals surface area contributed by atoms with E-state index in [1.165, 1.54) is 36.3 Å². The first-order valence-corrected chi connectivity index (χ1v) is 14.0. The Kier molecular flexibility index (Phi) is 10.2. The summed E-state index contributed by atoms with van der Waals surface area (Å²) in [5.74, 6) is -3.99. The molecule has 0 bridgehead atoms. The van der Waals surface area contributed by atoms with Crippen LogP contribution in [-0.4, -0.2) is 80.5 Å². The summed E-state index contributed by atoms with van der Waals surface area (Å²) in [4.78, 5) is 54.2. The molecule has 2 aliphatic heterocycles. The van der Waals surface area contributed by atoms with Crippen molar-refractivity contribution in [2.24, 2.45) is 0 Å². The summed E-state index contributed by atoms with van der Waals surface area (Å²) < 4.78 is 4.69. The second-order valence-corrected chi connectivity index (χ2v) is 11.6. The summed E-state index contributed by atoms with van der Waals surface area (Å²) in [5, 5.41) is 11.7. The number of nitrogens with one attached hydrogen (secondary N) is 1. The Labute approximate surface area is 233 Å². The Morgan fingerprint density at radius 1 is 1.00 bits per heavy atom. The summed E-state index contributed by atoms with van der Waals surface area (Å²) in [6, 6.07) is 15.0. The van der Waals surface area contributed by atoms with Crippen LogP contribution in [0.15, 0.2) is 60.7 Å². The first kappa shape index (κ1) is 30.2. The molecule has 39 heavy (non-hydrogen) atoms. The van der Waals surface area contributed by atoms with Gasteiger partial charge in [-0.2, -0.15) is 0 Å². The second-order valence-electron chi connectivity index (χ2n) is 9.78. The SMILES string of the molecule is CC1(C)S[C@H]2C(NC(=O)C(C(=O)Oc3ccccc3)c3ccccc3)C(=O)N2C1C(=O)O.CCN(CC)CC. The van der Waals surface area contributed by atoms with Crippen LogP contribution in [0.1, 0.15) is 46.1 Å². The van der Waals surface area contributed by atoms with Crippen molar-refractivity contribution < 1.29 is 29.0 Å². The number of rotatable bonds is 9. The predicted octanol–water partition coefficient (Wildman–Crippen LogP) is 3.36. The van der Waals surface area contributed by atoms with E-state index in [0.717, 1.165) is 0 Å². The van der Waals surface area contributed by atoms with Crippen LogP contribution < -0.4 is 10.1 Å². The molecule has 4 rings (SSSR count). The number of ether oxygens (including phenoxy) is 1. The topological polar surface area (TPSA) is 116 Å². The number of carboxylic acid groups (broad SMARTS) is 1. The zero-order valence-electron chi connectivity index (χ0n) is 23.0. The largest absolute Gasteiger partial charge is 0.480 e. The number of carbonyl (C=O) groups excluding carboxylic acids is 3. The van der Waals surface area contributed by atoms with Gasteiger partial charge in [0, 0.05) is 4.75 Å². The minimum absolute atomic E-state index is 0.300. The summed E-state index contributed by atoms with van der Waals surface area (Å²) in [7, 11) is 0. The van der Waals surface area contributed by atoms with E-state index in [4.69, 9.17) is 4.74 Å². The maximum atomic E-state index is 13.2. The Balaban J connectivity index is 0.000000532. The van der Waals surface area contributed by atoms with Crippen LogP contribution in [0.25, 0.3) is 0 Å². The van der Waals surface area contributed by atoms with Gasteiger partial charge in [-0.1, -0.05) is 69.3 Å². The minimum Gasteiger partial charge on any atom is -0.480 e. The van der Waals surface area contributed by atoms with Gasteiger partial charge in [0.2, 0.25) is 11.8 Å². The molecule has 9 nitrogen and oxygen atoms in total. The highest BCUT2D eigenvalue weighted by atomic mass is 32.2. The number of amides is 2. The van der Waals surface area contributed by atoms with E-state index < -0.39 is 51.9 Å². The molecule has 2 aliphatic rings. The number of aliphatic carboxylic acids is 1. The molecule has 0 aliphatic carbocycles. The number of β-lactam (4-membered cyclic amide) rings is 1. The zero-order chi connectivity index (χ0) is 28.7. The zero-order valence-corrected chi connectivity index (χ0v) is 23.8. The van der Waals surface area contributed by atoms with Gasteiger partial charge in [-0.25, -0.2) is 4.79 Å². The lowest BCUT2D eigenvalue weighted by Crippen LogP contribution is -2.71. The van der Waals surface area contributed by atoms with Crippen molar-refractivity contribution in [1.29, 1.82) is 0 Å². The van der Waals surface area contributed by atoms with Crippen LogP contribution in [0.5, 0.6) is 5.75 Å². The van der Waals surface area contributed by atoms with Crippen molar-refractivity contribution in [3.8, 4) is 5.75 Å². The van der Waals surface area contributed by atoms with E-state index in [2.05, 4.69) is 31.0 Å². The maximum absolute atomic E-state index is 13.2. The number of hydrogen-bond acceptors (Lipinski definition) is 7. The number of hydrogen-bond donors (Lipinski definition) is 2. The summed E-state index contributed by atoms with van der Waals surface area (Å²) >= 11 is 1.32. The molecule has 2 amide bonds. The first-order valence-electron chi connectivity index (χ1n) is 13.1. The van der Waals surface area contributed by atoms with Gasteiger partial charge in [-0.3, -0.25) is 14.4 Å². The average molecular weight is 556 g/mol. The highest BCUT2D eigenvalue weighted by Gasteiger charge is 2.64. The number of fused-ring (bicyclic) bond motifs is 1. The molecule has 0 spiro atoms. The van der Waals surface area contributed by atoms with Gasteiger partial charge in [-0.15, -0.1) is 11.8 Å². The number of thioether (sulfide) groups is 1. The predicted molar refractivity (Wildman–Crippen MR) is 150 cm³/mol. The molecule has 0 radical (unpaired) electrons. The standard InChI is InChI=1S/C23H22N2O6S.C6H15N/c1-23(2)17(21(28)29)25-19(27)16(20(25)32-23)24-18(26)15(13-9-5-3-6-10-13)22(30)31-14-11-7-4-8-12-14;1-4-7(5-2)6-3/h3-12,15-17,20H,1-2H3,(H,24,26)(H,28,29);4-6H2,1-3H3/t15?,16?,17?,20-;/m0./s1. The molecule has 210 valence electrons. The maximum Gasteiger partial charge on any atom is 0.328 e. The van der Waals surface area contributed by atoms with Crippen molar-refractivity contribution in [1.82, 2.24) is 15.1 Å². The van der Waals surface area contributed by atoms with E-state index in [1.54, 1.807) is 74.5 Å². The van der Waals surface area contributed by atoms with Gasteiger partial charge >= 0.3 is 11.9 Å². The minimum atomic E-state index is -1.28. The van der Waals surface area contributed by atoms with Gasteiger partial charge in [-0.05, 0) is 51.2 Å². The van der Waals surface area contributed by atoms with Crippen molar-refractivity contribution in [2.45, 2.75) is 62.7 Å². The molecule has 2 N–H and O–H groups in total. The van der Waals surface area contributed by atoms with Crippen molar-refractivity contribution in [2.75, 3.05) is 19.6 Å². The van der Waals surface area contributed by atoms with Gasteiger partial charge in [0.15, 0.2) is 5.92 Å². The Morgan fingerprint density at radius 3 is 2.03 bits per heavy atom. The molecule has 0 aromatic heterocycles. The van der Waals surface area contributed by atoms with Crippen LogP contribution in [0.3, 0.4) is 0 Å². The molecule has 2 aromatic rings. The monoisotopic (exact) mass is 555 g/mol. The molecule has 2 fully saturated rings. The van der Waals surface area contributed by atoms with Crippen molar-refractivity contribution in [3.63, 3.8) is 0 Å². The molecule has 2 saturated heterocycles. The van der Waals surface area contributed by atoms with Crippen molar-refractivity contribution in [3.05, 3.63) is 66.2 Å². The van der Waals surface area contributed by atoms with Crippen LogP contribution in [0, 0.1) is 0 Å². The van der Waals surface area contributed by atoms with Gasteiger partial charge in [0.1, 0.15) is 23.2 Å². The number of carboxylic acids is 1. The molecular weight excluding hydrogens is 518 g/mol. The van der Waals surface area contributed by atoms with Crippen LogP contribution in [0.2, 0.25) is 0 Å². The fourth-order valence-corrected chi connectivity index (χ4v) is 6.38. The number of carbonyl (C=O) groups is 4. The lowest BCUT2D eigenvalue weighted by molar-refractivity contribution is -0.161. The van der Waals surface area contributed by atoms with Gasteiger partial charge < -0.3 is 25.0 Å². The summed E-state index contributed by atoms with van der Waals surface area (Å²) in [5.41, 5.74) is 0.428. The fourth-order valence-electron chi connectivity index (χ4n) is 4.76. The number of esters is 1. The summed E-state index contributed by atoms with van der Waals surface area (Å²) in [6.07, 6.45) is 0. The Morgan fingerprint density at radius 2 is 1.54 bits per heavy atom. The molecule has 4 atom stereocenters. The third-order valence-electron chi connectivity index (χ3n) is 6.91. The summed E-state index contributed by atoms with van der Waals surface area (Å²) in [6.45, 7) is 13.6. The molecule has 0 saturated carbocycles. The molecule has 2 aromatic carbocycles. The van der Waals surface area contributed by atoms with Gasteiger partial charge in [0.05, 0.1) is 0 Å².